The van der Waals surface area contributed by atoms with E-state index in [0.29, 0.717) is 29.9 Å². The molecule has 0 atom stereocenters. The first-order chi connectivity index (χ1) is 17.2. The molecule has 8 nitrogen and oxygen atoms in total. The predicted octanol–water partition coefficient (Wildman–Crippen LogP) is 4.03. The lowest BCUT2D eigenvalue weighted by atomic mass is 10.1. The number of benzene rings is 2. The minimum absolute atomic E-state index is 0.0190. The van der Waals surface area contributed by atoms with Crippen LogP contribution in [0.4, 0.5) is 5.69 Å². The molecule has 3 aromatic rings. The van der Waals surface area contributed by atoms with Gasteiger partial charge in [-0.3, -0.25) is 24.4 Å². The molecule has 0 saturated carbocycles. The molecule has 0 radical (unpaired) electrons. The number of hydroxylamine groups is 1. The molecular formula is C27H31N5O3. The summed E-state index contributed by atoms with van der Waals surface area (Å²) in [5.41, 5.74) is 6.18. The smallest absolute Gasteiger partial charge is 0.276 e. The fourth-order valence-electron chi connectivity index (χ4n) is 4.13. The Balaban J connectivity index is 1.33. The number of hydrazine groups is 1. The molecule has 0 aliphatic carbocycles. The molecule has 35 heavy (non-hydrogen) atoms. The molecule has 1 aliphatic rings. The summed E-state index contributed by atoms with van der Waals surface area (Å²) in [7, 11) is 0. The largest absolute Gasteiger partial charge is 0.380 e. The summed E-state index contributed by atoms with van der Waals surface area (Å²) in [6.07, 6.45) is 5.69. The molecule has 8 heteroatoms. The Morgan fingerprint density at radius 1 is 1.00 bits per heavy atom. The van der Waals surface area contributed by atoms with Crippen LogP contribution >= 0.6 is 0 Å². The van der Waals surface area contributed by atoms with Gasteiger partial charge in [0.25, 0.3) is 11.8 Å². The molecule has 4 rings (SSSR count). The van der Waals surface area contributed by atoms with E-state index in [1.165, 1.54) is 0 Å². The number of aromatic nitrogens is 1. The van der Waals surface area contributed by atoms with E-state index >= 15 is 0 Å². The second-order valence-corrected chi connectivity index (χ2v) is 8.36. The second kappa shape index (κ2) is 12.1. The molecule has 2 heterocycles. The van der Waals surface area contributed by atoms with Crippen molar-refractivity contribution in [1.29, 1.82) is 0 Å². The number of para-hydroxylation sites is 1. The fourth-order valence-corrected chi connectivity index (χ4v) is 4.13. The summed E-state index contributed by atoms with van der Waals surface area (Å²) in [5.74, 6) is -0.365. The second-order valence-electron chi connectivity index (χ2n) is 8.36. The van der Waals surface area contributed by atoms with Crippen molar-refractivity contribution in [2.45, 2.75) is 32.9 Å². The zero-order valence-corrected chi connectivity index (χ0v) is 19.9. The minimum Gasteiger partial charge on any atom is -0.380 e. The van der Waals surface area contributed by atoms with Crippen LogP contribution in [-0.4, -0.2) is 46.5 Å². The summed E-state index contributed by atoms with van der Waals surface area (Å²) in [6.45, 7) is 5.16. The molecule has 2 aromatic carbocycles. The van der Waals surface area contributed by atoms with Crippen molar-refractivity contribution in [2.75, 3.05) is 25.0 Å². The Kier molecular flexibility index (Phi) is 8.43. The fraction of sp³-hybridized carbons (Fsp3) is 0.296. The van der Waals surface area contributed by atoms with Gasteiger partial charge in [0.2, 0.25) is 0 Å². The number of nitrogens with one attached hydrogen (secondary N) is 2. The van der Waals surface area contributed by atoms with E-state index in [2.05, 4.69) is 20.8 Å². The van der Waals surface area contributed by atoms with E-state index in [1.54, 1.807) is 18.5 Å². The Bertz CT molecular complexity index is 1130. The molecule has 0 unspecified atom stereocenters. The van der Waals surface area contributed by atoms with Crippen molar-refractivity contribution in [1.82, 2.24) is 20.5 Å². The summed E-state index contributed by atoms with van der Waals surface area (Å²) in [6, 6.07) is 18.5. The zero-order chi connectivity index (χ0) is 24.5. The maximum atomic E-state index is 13.0. The first-order valence-electron chi connectivity index (χ1n) is 12.0. The third kappa shape index (κ3) is 6.44. The average molecular weight is 474 g/mol. The number of hydrogen-bond donors (Lipinski definition) is 2. The first-order valence-corrected chi connectivity index (χ1v) is 12.0. The van der Waals surface area contributed by atoms with Gasteiger partial charge < -0.3 is 5.32 Å². The normalized spacial score (nSPS) is 13.4. The summed E-state index contributed by atoms with van der Waals surface area (Å²) in [4.78, 5) is 35.3. The van der Waals surface area contributed by atoms with Crippen LogP contribution in [0.1, 0.15) is 51.6 Å². The highest BCUT2D eigenvalue weighted by Gasteiger charge is 2.24. The van der Waals surface area contributed by atoms with Crippen LogP contribution in [0.25, 0.3) is 0 Å². The molecule has 2 amide bonds. The van der Waals surface area contributed by atoms with E-state index in [9.17, 15) is 9.59 Å². The van der Waals surface area contributed by atoms with Crippen LogP contribution in [-0.2, 0) is 18.0 Å². The summed E-state index contributed by atoms with van der Waals surface area (Å²) in [5, 5.41) is 7.21. The van der Waals surface area contributed by atoms with E-state index < -0.39 is 0 Å². The van der Waals surface area contributed by atoms with E-state index in [-0.39, 0.29) is 18.4 Å². The average Bonchev–Trinajstić information content (AvgIpc) is 3.43. The molecular weight excluding hydrogens is 442 g/mol. The number of amides is 2. The Labute approximate surface area is 205 Å². The monoisotopic (exact) mass is 473 g/mol. The number of anilines is 1. The highest BCUT2D eigenvalue weighted by Crippen LogP contribution is 2.18. The molecule has 1 saturated heterocycles. The molecule has 182 valence electrons. The van der Waals surface area contributed by atoms with E-state index in [4.69, 9.17) is 4.84 Å². The Morgan fingerprint density at radius 2 is 1.77 bits per heavy atom. The Hall–Kier alpha value is -3.75. The SMILES string of the molecule is CCN(C(=O)c1cccc(CONC(=O)c2ccccc2NCc2ccncc2)c1)N1CCCC1. The number of nitrogens with zero attached hydrogens (tertiary/aromatic N) is 3. The van der Waals surface area contributed by atoms with Gasteiger partial charge in [-0.25, -0.2) is 10.5 Å². The van der Waals surface area contributed by atoms with Crippen LogP contribution in [0.2, 0.25) is 0 Å². The number of carbonyl (C=O) groups excluding carboxylic acids is 2. The highest BCUT2D eigenvalue weighted by molar-refractivity contribution is 5.99. The molecule has 0 bridgehead atoms. The number of rotatable bonds is 10. The number of carbonyl (C=O) groups is 2. The van der Waals surface area contributed by atoms with Crippen LogP contribution in [0, 0.1) is 0 Å². The standard InChI is InChI=1S/C27H31N5O3/c1-2-32(31-16-5-6-17-31)27(34)23-9-7-8-22(18-23)20-35-30-26(33)24-10-3-4-11-25(24)29-19-21-12-14-28-15-13-21/h3-4,7-15,18,29H,2,5-6,16-17,19-20H2,1H3,(H,30,33). The maximum absolute atomic E-state index is 13.0. The summed E-state index contributed by atoms with van der Waals surface area (Å²) < 4.78 is 0. The lowest BCUT2D eigenvalue weighted by molar-refractivity contribution is 0.00720. The molecule has 1 fully saturated rings. The van der Waals surface area contributed by atoms with Crippen molar-refractivity contribution in [3.05, 3.63) is 95.3 Å². The van der Waals surface area contributed by atoms with Gasteiger partial charge in [0.1, 0.15) is 0 Å². The number of hydrogen-bond acceptors (Lipinski definition) is 6. The van der Waals surface area contributed by atoms with Gasteiger partial charge in [0, 0.05) is 49.8 Å². The molecule has 1 aromatic heterocycles. The van der Waals surface area contributed by atoms with Gasteiger partial charge in [-0.2, -0.15) is 0 Å². The quantitative estimate of drug-likeness (QED) is 0.433. The van der Waals surface area contributed by atoms with Crippen LogP contribution in [0.15, 0.2) is 73.1 Å². The number of pyridine rings is 1. The third-order valence-electron chi connectivity index (χ3n) is 5.94. The molecule has 0 spiro atoms. The molecule has 1 aliphatic heterocycles. The minimum atomic E-state index is -0.346. The Morgan fingerprint density at radius 3 is 2.54 bits per heavy atom. The van der Waals surface area contributed by atoms with Crippen molar-refractivity contribution in [2.24, 2.45) is 0 Å². The molecule has 2 N–H and O–H groups in total. The van der Waals surface area contributed by atoms with Gasteiger partial charge in [0.05, 0.1) is 12.2 Å². The van der Waals surface area contributed by atoms with E-state index in [0.717, 1.165) is 37.1 Å². The van der Waals surface area contributed by atoms with Crippen molar-refractivity contribution in [3.8, 4) is 0 Å². The van der Waals surface area contributed by atoms with E-state index in [1.807, 2.05) is 66.5 Å². The zero-order valence-electron chi connectivity index (χ0n) is 19.9. The van der Waals surface area contributed by atoms with Crippen LogP contribution < -0.4 is 10.8 Å². The van der Waals surface area contributed by atoms with Crippen molar-refractivity contribution < 1.29 is 14.4 Å². The van der Waals surface area contributed by atoms with Crippen LogP contribution in [0.5, 0.6) is 0 Å². The lowest BCUT2D eigenvalue weighted by Gasteiger charge is -2.30. The van der Waals surface area contributed by atoms with Crippen molar-refractivity contribution in [3.63, 3.8) is 0 Å². The lowest BCUT2D eigenvalue weighted by Crippen LogP contribution is -2.44. The van der Waals surface area contributed by atoms with Crippen molar-refractivity contribution >= 4 is 17.5 Å². The van der Waals surface area contributed by atoms with Gasteiger partial charge >= 0.3 is 0 Å². The van der Waals surface area contributed by atoms with Gasteiger partial charge in [0.15, 0.2) is 0 Å². The van der Waals surface area contributed by atoms with Crippen LogP contribution in [0.3, 0.4) is 0 Å². The summed E-state index contributed by atoms with van der Waals surface area (Å²) >= 11 is 0. The predicted molar refractivity (Wildman–Crippen MR) is 134 cm³/mol. The topological polar surface area (TPSA) is 86.8 Å². The maximum Gasteiger partial charge on any atom is 0.276 e. The third-order valence-corrected chi connectivity index (χ3v) is 5.94. The van der Waals surface area contributed by atoms with Gasteiger partial charge in [-0.15, -0.1) is 0 Å². The first kappa shape index (κ1) is 24.4. The van der Waals surface area contributed by atoms with Gasteiger partial charge in [-0.1, -0.05) is 24.3 Å². The van der Waals surface area contributed by atoms with Gasteiger partial charge in [-0.05, 0) is 67.3 Å². The highest BCUT2D eigenvalue weighted by atomic mass is 16.6.